The summed E-state index contributed by atoms with van der Waals surface area (Å²) < 4.78 is 11.2. The number of halogens is 1. The molecule has 0 spiro atoms. The fourth-order valence-corrected chi connectivity index (χ4v) is 2.48. The van der Waals surface area contributed by atoms with Gasteiger partial charge in [-0.25, -0.2) is 4.98 Å². The van der Waals surface area contributed by atoms with Gasteiger partial charge in [-0.2, -0.15) is 4.98 Å². The van der Waals surface area contributed by atoms with Gasteiger partial charge in [-0.1, -0.05) is 35.5 Å². The SMILES string of the molecule is CNC(C)Cc1noc(CCc2nc(C)c(-c3ccccc3)o2)n1.Cl. The van der Waals surface area contributed by atoms with Gasteiger partial charge in [0.25, 0.3) is 0 Å². The number of hydrogen-bond donors (Lipinski definition) is 1. The van der Waals surface area contributed by atoms with Crippen LogP contribution >= 0.6 is 12.4 Å². The summed E-state index contributed by atoms with van der Waals surface area (Å²) in [5.74, 6) is 2.85. The molecule has 3 rings (SSSR count). The minimum atomic E-state index is 0. The Hall–Kier alpha value is -2.18. The van der Waals surface area contributed by atoms with Gasteiger partial charge in [-0.05, 0) is 20.9 Å². The highest BCUT2D eigenvalue weighted by Gasteiger charge is 2.14. The van der Waals surface area contributed by atoms with E-state index in [9.17, 15) is 0 Å². The molecule has 2 heterocycles. The molecule has 0 aliphatic carbocycles. The summed E-state index contributed by atoms with van der Waals surface area (Å²) >= 11 is 0. The number of oxazole rings is 1. The quantitative estimate of drug-likeness (QED) is 0.694. The maximum absolute atomic E-state index is 5.90. The lowest BCUT2D eigenvalue weighted by molar-refractivity contribution is 0.366. The molecule has 6 nitrogen and oxygen atoms in total. The van der Waals surface area contributed by atoms with Crippen LogP contribution in [0.3, 0.4) is 0 Å². The third-order valence-corrected chi connectivity index (χ3v) is 3.92. The molecule has 1 N–H and O–H groups in total. The van der Waals surface area contributed by atoms with Gasteiger partial charge in [0.1, 0.15) is 0 Å². The van der Waals surface area contributed by atoms with Crippen molar-refractivity contribution in [2.75, 3.05) is 7.05 Å². The first-order valence-corrected chi connectivity index (χ1v) is 8.16. The van der Waals surface area contributed by atoms with Crippen molar-refractivity contribution in [1.82, 2.24) is 20.4 Å². The Morgan fingerprint density at radius 1 is 1.08 bits per heavy atom. The van der Waals surface area contributed by atoms with E-state index in [1.165, 1.54) is 0 Å². The molecule has 0 radical (unpaired) electrons. The Kier molecular flexibility index (Phi) is 6.73. The van der Waals surface area contributed by atoms with Gasteiger partial charge in [0.15, 0.2) is 17.5 Å². The molecule has 0 amide bonds. The largest absolute Gasteiger partial charge is 0.440 e. The molecule has 0 aliphatic rings. The van der Waals surface area contributed by atoms with Gasteiger partial charge in [-0.3, -0.25) is 0 Å². The molecule has 0 saturated carbocycles. The predicted octanol–water partition coefficient (Wildman–Crippen LogP) is 3.39. The Balaban J connectivity index is 0.00000225. The number of benzene rings is 1. The Morgan fingerprint density at radius 2 is 1.80 bits per heavy atom. The first-order valence-electron chi connectivity index (χ1n) is 8.16. The van der Waals surface area contributed by atoms with Gasteiger partial charge in [0, 0.05) is 30.9 Å². The Bertz CT molecular complexity index is 785. The van der Waals surface area contributed by atoms with Crippen LogP contribution in [0.1, 0.15) is 30.2 Å². The van der Waals surface area contributed by atoms with Gasteiger partial charge >= 0.3 is 0 Å². The van der Waals surface area contributed by atoms with Crippen LogP contribution < -0.4 is 5.32 Å². The first kappa shape index (κ1) is 19.1. The van der Waals surface area contributed by atoms with E-state index in [-0.39, 0.29) is 12.4 Å². The fourth-order valence-electron chi connectivity index (χ4n) is 2.48. The number of aryl methyl sites for hydroxylation is 3. The summed E-state index contributed by atoms with van der Waals surface area (Å²) in [6.45, 7) is 4.04. The van der Waals surface area contributed by atoms with Crippen LogP contribution in [0.5, 0.6) is 0 Å². The first-order chi connectivity index (χ1) is 11.7. The lowest BCUT2D eigenvalue weighted by atomic mass is 10.1. The Morgan fingerprint density at radius 3 is 2.52 bits per heavy atom. The molecule has 1 atom stereocenters. The molecular formula is C18H23ClN4O2. The second-order valence-corrected chi connectivity index (χ2v) is 5.89. The maximum atomic E-state index is 5.90. The van der Waals surface area contributed by atoms with E-state index < -0.39 is 0 Å². The van der Waals surface area contributed by atoms with Crippen LogP contribution in [0, 0.1) is 6.92 Å². The van der Waals surface area contributed by atoms with Crippen molar-refractivity contribution in [3.8, 4) is 11.3 Å². The predicted molar refractivity (Wildman–Crippen MR) is 97.9 cm³/mol. The van der Waals surface area contributed by atoms with E-state index >= 15 is 0 Å². The second kappa shape index (κ2) is 8.78. The highest BCUT2D eigenvalue weighted by atomic mass is 35.5. The highest BCUT2D eigenvalue weighted by molar-refractivity contribution is 5.85. The molecule has 0 saturated heterocycles. The minimum absolute atomic E-state index is 0. The summed E-state index contributed by atoms with van der Waals surface area (Å²) in [4.78, 5) is 8.92. The van der Waals surface area contributed by atoms with Crippen molar-refractivity contribution in [3.63, 3.8) is 0 Å². The number of aromatic nitrogens is 3. The van der Waals surface area contributed by atoms with E-state index in [2.05, 4.69) is 27.4 Å². The molecular weight excluding hydrogens is 340 g/mol. The van der Waals surface area contributed by atoms with Crippen LogP contribution in [-0.2, 0) is 19.3 Å². The average molecular weight is 363 g/mol. The van der Waals surface area contributed by atoms with Crippen LogP contribution in [0.25, 0.3) is 11.3 Å². The van der Waals surface area contributed by atoms with E-state index in [0.717, 1.165) is 29.3 Å². The minimum Gasteiger partial charge on any atom is -0.440 e. The third kappa shape index (κ3) is 4.90. The fraction of sp³-hybridized carbons (Fsp3) is 0.389. The number of rotatable bonds is 7. The summed E-state index contributed by atoms with van der Waals surface area (Å²) in [6, 6.07) is 10.3. The molecule has 0 fully saturated rings. The van der Waals surface area contributed by atoms with Crippen molar-refractivity contribution in [2.45, 2.75) is 39.2 Å². The van der Waals surface area contributed by atoms with Gasteiger partial charge < -0.3 is 14.3 Å². The number of likely N-dealkylation sites (N-methyl/N-ethyl adjacent to an activating group) is 1. The molecule has 1 aromatic carbocycles. The smallest absolute Gasteiger partial charge is 0.227 e. The average Bonchev–Trinajstić information content (AvgIpc) is 3.20. The molecule has 2 aromatic heterocycles. The van der Waals surface area contributed by atoms with Gasteiger partial charge in [0.2, 0.25) is 5.89 Å². The summed E-state index contributed by atoms with van der Waals surface area (Å²) in [6.07, 6.45) is 2.00. The number of nitrogens with one attached hydrogen (secondary N) is 1. The van der Waals surface area contributed by atoms with Crippen LogP contribution in [-0.4, -0.2) is 28.2 Å². The zero-order valence-electron chi connectivity index (χ0n) is 14.7. The molecule has 7 heteroatoms. The van der Waals surface area contributed by atoms with Gasteiger partial charge in [0.05, 0.1) is 5.69 Å². The standard InChI is InChI=1S/C18H22N4O2.ClH/c1-12(19-3)11-15-21-17(24-22-15)10-9-16-20-13(2)18(23-16)14-7-5-4-6-8-14;/h4-8,12,19H,9-11H2,1-3H3;1H. The van der Waals surface area contributed by atoms with Crippen molar-refractivity contribution in [2.24, 2.45) is 0 Å². The van der Waals surface area contributed by atoms with Crippen molar-refractivity contribution >= 4 is 12.4 Å². The molecule has 3 aromatic rings. The normalized spacial score (nSPS) is 12.0. The zero-order valence-corrected chi connectivity index (χ0v) is 15.5. The summed E-state index contributed by atoms with van der Waals surface area (Å²) in [5.41, 5.74) is 1.93. The molecule has 0 aliphatic heterocycles. The lowest BCUT2D eigenvalue weighted by Crippen LogP contribution is -2.24. The van der Waals surface area contributed by atoms with Crippen molar-refractivity contribution < 1.29 is 8.94 Å². The topological polar surface area (TPSA) is 77.0 Å². The molecule has 25 heavy (non-hydrogen) atoms. The van der Waals surface area contributed by atoms with Crippen LogP contribution in [0.2, 0.25) is 0 Å². The van der Waals surface area contributed by atoms with E-state index in [1.54, 1.807) is 0 Å². The highest BCUT2D eigenvalue weighted by Crippen LogP contribution is 2.24. The number of hydrogen-bond acceptors (Lipinski definition) is 6. The maximum Gasteiger partial charge on any atom is 0.227 e. The van der Waals surface area contributed by atoms with Gasteiger partial charge in [-0.15, -0.1) is 12.4 Å². The second-order valence-electron chi connectivity index (χ2n) is 5.89. The van der Waals surface area contributed by atoms with E-state index in [1.807, 2.05) is 44.3 Å². The number of nitrogens with zero attached hydrogens (tertiary/aromatic N) is 3. The summed E-state index contributed by atoms with van der Waals surface area (Å²) in [7, 11) is 1.92. The lowest BCUT2D eigenvalue weighted by Gasteiger charge is -2.04. The molecule has 1 unspecified atom stereocenters. The van der Waals surface area contributed by atoms with E-state index in [4.69, 9.17) is 8.94 Å². The summed E-state index contributed by atoms with van der Waals surface area (Å²) in [5, 5.41) is 7.17. The third-order valence-electron chi connectivity index (χ3n) is 3.92. The molecule has 134 valence electrons. The monoisotopic (exact) mass is 362 g/mol. The van der Waals surface area contributed by atoms with Crippen LogP contribution in [0.4, 0.5) is 0 Å². The van der Waals surface area contributed by atoms with Crippen molar-refractivity contribution in [3.05, 3.63) is 53.6 Å². The van der Waals surface area contributed by atoms with Crippen LogP contribution in [0.15, 0.2) is 39.3 Å². The molecule has 0 bridgehead atoms. The Labute approximate surface area is 153 Å². The van der Waals surface area contributed by atoms with Crippen molar-refractivity contribution in [1.29, 1.82) is 0 Å². The van der Waals surface area contributed by atoms with E-state index in [0.29, 0.717) is 30.7 Å². The zero-order chi connectivity index (χ0) is 16.9.